The predicted molar refractivity (Wildman–Crippen MR) is 81.7 cm³/mol. The Bertz CT molecular complexity index is 456. The van der Waals surface area contributed by atoms with Crippen LogP contribution in [-0.4, -0.2) is 19.1 Å². The highest BCUT2D eigenvalue weighted by atomic mass is 35.5. The predicted octanol–water partition coefficient (Wildman–Crippen LogP) is 0.500. The van der Waals surface area contributed by atoms with E-state index in [1.54, 1.807) is 12.3 Å². The normalized spacial score (nSPS) is 10.0. The molecule has 0 saturated heterocycles. The van der Waals surface area contributed by atoms with E-state index in [9.17, 15) is 4.79 Å². The average molecular weight is 297 g/mol. The van der Waals surface area contributed by atoms with Gasteiger partial charge in [0.2, 0.25) is 0 Å². The smallest absolute Gasteiger partial charge is 0.323 e. The number of anilines is 2. The highest BCUT2D eigenvalue weighted by molar-refractivity contribution is 5.91. The molecule has 1 aromatic carbocycles. The number of carbonyl (C=O) groups is 1. The summed E-state index contributed by atoms with van der Waals surface area (Å²) in [4.78, 5) is 13.8. The van der Waals surface area contributed by atoms with E-state index < -0.39 is 0 Å². The van der Waals surface area contributed by atoms with E-state index in [-0.39, 0.29) is 18.4 Å². The van der Waals surface area contributed by atoms with Gasteiger partial charge in [0.05, 0.1) is 0 Å². The Hall–Kier alpha value is -1.68. The van der Waals surface area contributed by atoms with Crippen LogP contribution in [0.25, 0.3) is 0 Å². The van der Waals surface area contributed by atoms with Gasteiger partial charge >= 0.3 is 6.03 Å². The molecule has 5 heteroatoms. The van der Waals surface area contributed by atoms with Crippen molar-refractivity contribution in [2.24, 2.45) is 0 Å². The molecule has 2 amide bonds. The Morgan fingerprint density at radius 3 is 2.45 bits per heavy atom. The van der Waals surface area contributed by atoms with Gasteiger partial charge in [-0.1, -0.05) is 6.08 Å². The first-order chi connectivity index (χ1) is 9.12. The second kappa shape index (κ2) is 9.26. The molecule has 0 fully saturated rings. The van der Waals surface area contributed by atoms with Crippen molar-refractivity contribution in [3.05, 3.63) is 36.0 Å². The fourth-order valence-electron chi connectivity index (χ4n) is 1.89. The number of aryl methyl sites for hydroxylation is 1. The van der Waals surface area contributed by atoms with Crippen LogP contribution in [0.5, 0.6) is 0 Å². The Morgan fingerprint density at radius 2 is 1.95 bits per heavy atom. The van der Waals surface area contributed by atoms with Crippen molar-refractivity contribution in [2.75, 3.05) is 23.3 Å². The molecular weight excluding hydrogens is 274 g/mol. The van der Waals surface area contributed by atoms with E-state index in [4.69, 9.17) is 0 Å². The van der Waals surface area contributed by atoms with E-state index in [2.05, 4.69) is 35.4 Å². The topological polar surface area (TPSA) is 44.4 Å². The highest BCUT2D eigenvalue weighted by Gasteiger charge is 2.06. The van der Waals surface area contributed by atoms with E-state index in [1.807, 2.05) is 26.0 Å². The lowest BCUT2D eigenvalue weighted by molar-refractivity contribution is -0.00000723. The van der Waals surface area contributed by atoms with Gasteiger partial charge in [0.25, 0.3) is 0 Å². The van der Waals surface area contributed by atoms with Crippen LogP contribution >= 0.6 is 0 Å². The third-order valence-electron chi connectivity index (χ3n) is 2.97. The first-order valence-corrected chi connectivity index (χ1v) is 6.66. The molecule has 20 heavy (non-hydrogen) atoms. The molecular formula is C15H23ClN3O-. The zero-order chi connectivity index (χ0) is 14.3. The molecule has 0 aromatic heterocycles. The van der Waals surface area contributed by atoms with Crippen molar-refractivity contribution in [3.8, 4) is 0 Å². The summed E-state index contributed by atoms with van der Waals surface area (Å²) >= 11 is 0. The quantitative estimate of drug-likeness (QED) is 0.831. The van der Waals surface area contributed by atoms with Crippen molar-refractivity contribution in [1.82, 2.24) is 5.32 Å². The van der Waals surface area contributed by atoms with E-state index in [0.717, 1.165) is 24.3 Å². The molecule has 0 radical (unpaired) electrons. The van der Waals surface area contributed by atoms with Gasteiger partial charge in [-0.3, -0.25) is 0 Å². The van der Waals surface area contributed by atoms with Gasteiger partial charge < -0.3 is 27.9 Å². The van der Waals surface area contributed by atoms with Gasteiger partial charge in [0.1, 0.15) is 0 Å². The first-order valence-electron chi connectivity index (χ1n) is 6.66. The van der Waals surface area contributed by atoms with Crippen LogP contribution in [0, 0.1) is 6.92 Å². The van der Waals surface area contributed by atoms with Crippen LogP contribution < -0.4 is 27.9 Å². The Kier molecular flexibility index (Phi) is 8.48. The SMILES string of the molecule is C/C=C/NC(=O)Nc1ccc(N(CC)CC)cc1C.[Cl-]. The van der Waals surface area contributed by atoms with Crippen LogP contribution in [0.15, 0.2) is 30.5 Å². The van der Waals surface area contributed by atoms with Gasteiger partial charge in [0, 0.05) is 30.7 Å². The summed E-state index contributed by atoms with van der Waals surface area (Å²) in [6, 6.07) is 5.85. The van der Waals surface area contributed by atoms with Crippen molar-refractivity contribution in [3.63, 3.8) is 0 Å². The fraction of sp³-hybridized carbons (Fsp3) is 0.400. The van der Waals surface area contributed by atoms with E-state index in [1.165, 1.54) is 5.69 Å². The number of nitrogens with zero attached hydrogens (tertiary/aromatic N) is 1. The van der Waals surface area contributed by atoms with E-state index in [0.29, 0.717) is 0 Å². The van der Waals surface area contributed by atoms with Gasteiger partial charge in [-0.25, -0.2) is 4.79 Å². The van der Waals surface area contributed by atoms with Gasteiger partial charge in [-0.15, -0.1) is 0 Å². The number of nitrogens with one attached hydrogen (secondary N) is 2. The van der Waals surface area contributed by atoms with Crippen LogP contribution in [0.2, 0.25) is 0 Å². The molecule has 0 heterocycles. The van der Waals surface area contributed by atoms with Crippen molar-refractivity contribution < 1.29 is 17.2 Å². The van der Waals surface area contributed by atoms with Crippen molar-refractivity contribution in [1.29, 1.82) is 0 Å². The zero-order valence-electron chi connectivity index (χ0n) is 12.5. The molecule has 0 aliphatic rings. The second-order valence-corrected chi connectivity index (χ2v) is 4.27. The number of benzene rings is 1. The molecule has 0 bridgehead atoms. The van der Waals surface area contributed by atoms with Gasteiger partial charge in [-0.2, -0.15) is 0 Å². The average Bonchev–Trinajstić information content (AvgIpc) is 2.41. The maximum atomic E-state index is 11.6. The van der Waals surface area contributed by atoms with Crippen molar-refractivity contribution >= 4 is 17.4 Å². The monoisotopic (exact) mass is 296 g/mol. The zero-order valence-corrected chi connectivity index (χ0v) is 13.3. The molecule has 0 aliphatic heterocycles. The molecule has 0 spiro atoms. The Labute approximate surface area is 127 Å². The van der Waals surface area contributed by atoms with E-state index >= 15 is 0 Å². The molecule has 4 nitrogen and oxygen atoms in total. The van der Waals surface area contributed by atoms with Crippen LogP contribution in [0.1, 0.15) is 26.3 Å². The molecule has 1 rings (SSSR count). The summed E-state index contributed by atoms with van der Waals surface area (Å²) in [6.07, 6.45) is 3.38. The minimum Gasteiger partial charge on any atom is -1.00 e. The third-order valence-corrected chi connectivity index (χ3v) is 2.97. The maximum absolute atomic E-state index is 11.6. The number of hydrogen-bond acceptors (Lipinski definition) is 2. The molecule has 0 atom stereocenters. The Morgan fingerprint density at radius 1 is 1.30 bits per heavy atom. The number of rotatable bonds is 5. The summed E-state index contributed by atoms with van der Waals surface area (Å²) in [6.45, 7) is 10.1. The lowest BCUT2D eigenvalue weighted by Crippen LogP contribution is -3.00. The molecule has 0 unspecified atom stereocenters. The molecule has 1 aromatic rings. The first kappa shape index (κ1) is 18.3. The van der Waals surface area contributed by atoms with Gasteiger partial charge in [0.15, 0.2) is 0 Å². The number of allylic oxidation sites excluding steroid dienone is 1. The fourth-order valence-corrected chi connectivity index (χ4v) is 1.89. The molecule has 112 valence electrons. The lowest BCUT2D eigenvalue weighted by Gasteiger charge is -2.22. The van der Waals surface area contributed by atoms with Crippen LogP contribution in [0.4, 0.5) is 16.2 Å². The number of hydrogen-bond donors (Lipinski definition) is 2. The summed E-state index contributed by atoms with van der Waals surface area (Å²) in [7, 11) is 0. The van der Waals surface area contributed by atoms with Crippen LogP contribution in [-0.2, 0) is 0 Å². The number of carbonyl (C=O) groups excluding carboxylic acids is 1. The summed E-state index contributed by atoms with van der Waals surface area (Å²) in [5, 5.41) is 5.45. The summed E-state index contributed by atoms with van der Waals surface area (Å²) in [5.74, 6) is 0. The second-order valence-electron chi connectivity index (χ2n) is 4.27. The minimum atomic E-state index is -0.225. The standard InChI is InChI=1S/C15H23N3O.ClH/c1-5-10-16-15(19)17-14-9-8-13(11-12(14)4)18(6-2)7-3;/h5,8-11H,6-7H2,1-4H3,(H2,16,17,19);1H/p-1/b10-5+;. The lowest BCUT2D eigenvalue weighted by atomic mass is 10.1. The summed E-state index contributed by atoms with van der Waals surface area (Å²) < 4.78 is 0. The minimum absolute atomic E-state index is 0. The molecule has 0 saturated carbocycles. The molecule has 0 aliphatic carbocycles. The summed E-state index contributed by atoms with van der Waals surface area (Å²) in [5.41, 5.74) is 3.07. The maximum Gasteiger partial charge on any atom is 0.323 e. The van der Waals surface area contributed by atoms with Crippen LogP contribution in [0.3, 0.4) is 0 Å². The third kappa shape index (κ3) is 5.13. The largest absolute Gasteiger partial charge is 1.00 e. The van der Waals surface area contributed by atoms with Crippen molar-refractivity contribution in [2.45, 2.75) is 27.7 Å². The van der Waals surface area contributed by atoms with Gasteiger partial charge in [-0.05, 0) is 51.5 Å². The number of halogens is 1. The molecule has 2 N–H and O–H groups in total. The number of amides is 2. The highest BCUT2D eigenvalue weighted by Crippen LogP contribution is 2.22. The number of urea groups is 1. The Balaban J connectivity index is 0.00000361.